The molecular weight excluding hydrogens is 351 g/mol. The molecule has 1 aromatic carbocycles. The predicted octanol–water partition coefficient (Wildman–Crippen LogP) is 2.58. The maximum atomic E-state index is 13.2. The fraction of sp³-hybridized carbons (Fsp3) is 0.167. The summed E-state index contributed by atoms with van der Waals surface area (Å²) in [4.78, 5) is -0.259. The van der Waals surface area contributed by atoms with Gasteiger partial charge in [0.15, 0.2) is 4.67 Å². The largest absolute Gasteiger partial charge is 0.453 e. The molecule has 0 amide bonds. The van der Waals surface area contributed by atoms with Crippen molar-refractivity contribution in [1.29, 1.82) is 0 Å². The third-order valence-electron chi connectivity index (χ3n) is 2.67. The first-order valence-corrected chi connectivity index (χ1v) is 7.79. The molecule has 0 unspecified atom stereocenters. The van der Waals surface area contributed by atoms with Crippen LogP contribution in [0.25, 0.3) is 0 Å². The highest BCUT2D eigenvalue weighted by Gasteiger charge is 2.24. The Hall–Kier alpha value is -1.38. The number of hydrogen-bond acceptors (Lipinski definition) is 4. The predicted molar refractivity (Wildman–Crippen MR) is 75.9 cm³/mol. The molecule has 0 aliphatic rings. The highest BCUT2D eigenvalue weighted by molar-refractivity contribution is 9.10. The SMILES string of the molecule is CN(Cc1ccc(Br)o1)S(=O)(=O)c1cc(F)ccc1N. The Labute approximate surface area is 124 Å². The summed E-state index contributed by atoms with van der Waals surface area (Å²) < 4.78 is 44.7. The number of rotatable bonds is 4. The Morgan fingerprint density at radius 1 is 1.35 bits per heavy atom. The molecule has 0 aliphatic heterocycles. The normalized spacial score (nSPS) is 12.0. The molecular formula is C12H12BrFN2O3S. The first-order valence-electron chi connectivity index (χ1n) is 5.56. The van der Waals surface area contributed by atoms with Crippen molar-refractivity contribution >= 4 is 31.6 Å². The minimum absolute atomic E-state index is 0.00104. The first kappa shape index (κ1) is 15.0. The van der Waals surface area contributed by atoms with Crippen LogP contribution in [-0.2, 0) is 16.6 Å². The Morgan fingerprint density at radius 2 is 2.05 bits per heavy atom. The lowest BCUT2D eigenvalue weighted by atomic mass is 10.3. The highest BCUT2D eigenvalue weighted by atomic mass is 79.9. The molecule has 1 heterocycles. The van der Waals surface area contributed by atoms with Gasteiger partial charge in [0.1, 0.15) is 16.5 Å². The standard InChI is InChI=1S/C12H12BrFN2O3S/c1-16(7-9-3-5-12(13)19-9)20(17,18)11-6-8(14)2-4-10(11)15/h2-6H,7,15H2,1H3. The molecule has 0 bridgehead atoms. The van der Waals surface area contributed by atoms with E-state index < -0.39 is 15.8 Å². The second-order valence-electron chi connectivity index (χ2n) is 4.15. The van der Waals surface area contributed by atoms with E-state index in [2.05, 4.69) is 15.9 Å². The number of benzene rings is 1. The van der Waals surface area contributed by atoms with E-state index in [1.54, 1.807) is 12.1 Å². The van der Waals surface area contributed by atoms with Crippen LogP contribution in [0.15, 0.2) is 44.3 Å². The summed E-state index contributed by atoms with van der Waals surface area (Å²) in [5, 5.41) is 0. The summed E-state index contributed by atoms with van der Waals surface area (Å²) in [7, 11) is -2.52. The second-order valence-corrected chi connectivity index (χ2v) is 6.94. The van der Waals surface area contributed by atoms with Crippen LogP contribution in [0.2, 0.25) is 0 Å². The van der Waals surface area contributed by atoms with Gasteiger partial charge in [-0.25, -0.2) is 12.8 Å². The van der Waals surface area contributed by atoms with Gasteiger partial charge in [0.2, 0.25) is 10.0 Å². The minimum Gasteiger partial charge on any atom is -0.453 e. The summed E-state index contributed by atoms with van der Waals surface area (Å²) in [6, 6.07) is 6.54. The van der Waals surface area contributed by atoms with E-state index in [0.29, 0.717) is 10.4 Å². The lowest BCUT2D eigenvalue weighted by Gasteiger charge is -2.17. The lowest BCUT2D eigenvalue weighted by Crippen LogP contribution is -2.27. The number of hydrogen-bond donors (Lipinski definition) is 1. The molecule has 2 rings (SSSR count). The molecule has 2 aromatic rings. The van der Waals surface area contributed by atoms with Gasteiger partial charge in [-0.2, -0.15) is 4.31 Å². The number of sulfonamides is 1. The molecule has 20 heavy (non-hydrogen) atoms. The number of halogens is 2. The molecule has 0 saturated heterocycles. The van der Waals surface area contributed by atoms with Gasteiger partial charge in [-0.3, -0.25) is 0 Å². The van der Waals surface area contributed by atoms with Crippen LogP contribution in [-0.4, -0.2) is 19.8 Å². The number of nitrogens with zero attached hydrogens (tertiary/aromatic N) is 1. The van der Waals surface area contributed by atoms with Crippen molar-refractivity contribution in [2.24, 2.45) is 0 Å². The van der Waals surface area contributed by atoms with Crippen LogP contribution >= 0.6 is 15.9 Å². The molecule has 0 saturated carbocycles. The monoisotopic (exact) mass is 362 g/mol. The van der Waals surface area contributed by atoms with Crippen molar-refractivity contribution in [2.75, 3.05) is 12.8 Å². The van der Waals surface area contributed by atoms with Gasteiger partial charge in [-0.15, -0.1) is 0 Å². The lowest BCUT2D eigenvalue weighted by molar-refractivity contribution is 0.398. The topological polar surface area (TPSA) is 76.5 Å². The number of nitrogens with two attached hydrogens (primary N) is 1. The van der Waals surface area contributed by atoms with Crippen molar-refractivity contribution in [3.63, 3.8) is 0 Å². The molecule has 0 fully saturated rings. The summed E-state index contributed by atoms with van der Waals surface area (Å²) in [5.74, 6) is -0.204. The molecule has 0 radical (unpaired) electrons. The van der Waals surface area contributed by atoms with Crippen LogP contribution in [0.5, 0.6) is 0 Å². The molecule has 0 spiro atoms. The summed E-state index contributed by atoms with van der Waals surface area (Å²) >= 11 is 3.13. The molecule has 1 aromatic heterocycles. The minimum atomic E-state index is -3.89. The van der Waals surface area contributed by atoms with E-state index in [4.69, 9.17) is 10.2 Å². The molecule has 108 valence electrons. The molecule has 5 nitrogen and oxygen atoms in total. The van der Waals surface area contributed by atoms with Gasteiger partial charge >= 0.3 is 0 Å². The maximum absolute atomic E-state index is 13.2. The zero-order chi connectivity index (χ0) is 14.9. The third-order valence-corrected chi connectivity index (χ3v) is 4.96. The number of nitrogen functional groups attached to an aromatic ring is 1. The van der Waals surface area contributed by atoms with E-state index in [0.717, 1.165) is 16.4 Å². The van der Waals surface area contributed by atoms with E-state index in [1.807, 2.05) is 0 Å². The van der Waals surface area contributed by atoms with Crippen molar-refractivity contribution in [2.45, 2.75) is 11.4 Å². The highest BCUT2D eigenvalue weighted by Crippen LogP contribution is 2.24. The average Bonchev–Trinajstić information content (AvgIpc) is 2.77. The fourth-order valence-corrected chi connectivity index (χ4v) is 3.24. The van der Waals surface area contributed by atoms with Crippen molar-refractivity contribution in [3.05, 3.63) is 46.6 Å². The van der Waals surface area contributed by atoms with E-state index in [-0.39, 0.29) is 17.1 Å². The molecule has 0 aliphatic carbocycles. The van der Waals surface area contributed by atoms with Crippen molar-refractivity contribution < 1.29 is 17.2 Å². The zero-order valence-electron chi connectivity index (χ0n) is 10.5. The summed E-state index contributed by atoms with van der Waals surface area (Å²) in [6.45, 7) is 0.0177. The Morgan fingerprint density at radius 3 is 2.65 bits per heavy atom. The van der Waals surface area contributed by atoms with Gasteiger partial charge in [-0.1, -0.05) is 0 Å². The van der Waals surface area contributed by atoms with Gasteiger partial charge in [0.25, 0.3) is 0 Å². The smallest absolute Gasteiger partial charge is 0.245 e. The molecule has 2 N–H and O–H groups in total. The third kappa shape index (κ3) is 3.02. The molecule has 0 atom stereocenters. The van der Waals surface area contributed by atoms with Crippen LogP contribution < -0.4 is 5.73 Å². The van der Waals surface area contributed by atoms with Crippen LogP contribution in [0, 0.1) is 5.82 Å². The Bertz CT molecular complexity index is 730. The maximum Gasteiger partial charge on any atom is 0.245 e. The van der Waals surface area contributed by atoms with Crippen molar-refractivity contribution in [3.8, 4) is 0 Å². The first-order chi connectivity index (χ1) is 9.30. The molecule has 8 heteroatoms. The average molecular weight is 363 g/mol. The Kier molecular flexibility index (Phi) is 4.17. The van der Waals surface area contributed by atoms with Crippen LogP contribution in [0.1, 0.15) is 5.76 Å². The van der Waals surface area contributed by atoms with E-state index in [9.17, 15) is 12.8 Å². The Balaban J connectivity index is 2.32. The second kappa shape index (κ2) is 5.55. The van der Waals surface area contributed by atoms with Crippen molar-refractivity contribution in [1.82, 2.24) is 4.31 Å². The van der Waals surface area contributed by atoms with Gasteiger partial charge < -0.3 is 10.2 Å². The van der Waals surface area contributed by atoms with Crippen LogP contribution in [0.3, 0.4) is 0 Å². The zero-order valence-corrected chi connectivity index (χ0v) is 12.9. The fourth-order valence-electron chi connectivity index (χ4n) is 1.64. The van der Waals surface area contributed by atoms with Gasteiger partial charge in [-0.05, 0) is 46.3 Å². The number of furan rings is 1. The van der Waals surface area contributed by atoms with Gasteiger partial charge in [0, 0.05) is 7.05 Å². The van der Waals surface area contributed by atoms with E-state index in [1.165, 1.54) is 13.1 Å². The number of anilines is 1. The summed E-state index contributed by atoms with van der Waals surface area (Å²) in [5.41, 5.74) is 5.61. The van der Waals surface area contributed by atoms with Crippen LogP contribution in [0.4, 0.5) is 10.1 Å². The van der Waals surface area contributed by atoms with E-state index >= 15 is 0 Å². The van der Waals surface area contributed by atoms with Gasteiger partial charge in [0.05, 0.1) is 12.2 Å². The summed E-state index contributed by atoms with van der Waals surface area (Å²) in [6.07, 6.45) is 0. The quantitative estimate of drug-likeness (QED) is 0.848.